The first-order chi connectivity index (χ1) is 39.9. The Morgan fingerprint density at radius 1 is 0.607 bits per heavy atom. The number of alkyl carbamates (subject to hydrolysis) is 2. The molecule has 4 aromatic carbocycles. The molecule has 0 aliphatic carbocycles. The van der Waals surface area contributed by atoms with E-state index in [-0.39, 0.29) is 83.3 Å². The molecule has 4 atom stereocenters. The number of likely N-dealkylation sites (tertiary alicyclic amines) is 1. The van der Waals surface area contributed by atoms with Crippen molar-refractivity contribution < 1.29 is 57.3 Å². The summed E-state index contributed by atoms with van der Waals surface area (Å²) >= 11 is 0. The third kappa shape index (κ3) is 23.4. The van der Waals surface area contributed by atoms with Gasteiger partial charge in [0.05, 0.1) is 0 Å². The Kier molecular flexibility index (Phi) is 26.1. The Labute approximate surface area is 496 Å². The number of nitrogens with one attached hydrogen (secondary N) is 5. The molecule has 5 rings (SSSR count). The molecular weight excluding hydrogens is 1070 g/mol. The predicted octanol–water partition coefficient (Wildman–Crippen LogP) is 9.28. The van der Waals surface area contributed by atoms with Gasteiger partial charge in [-0.1, -0.05) is 142 Å². The van der Waals surface area contributed by atoms with Crippen LogP contribution in [0.5, 0.6) is 0 Å². The Morgan fingerprint density at radius 3 is 1.68 bits per heavy atom. The summed E-state index contributed by atoms with van der Waals surface area (Å²) in [5, 5.41) is 14.3. The molecule has 0 radical (unpaired) electrons. The van der Waals surface area contributed by atoms with E-state index in [0.717, 1.165) is 22.3 Å². The van der Waals surface area contributed by atoms with E-state index in [2.05, 4.69) is 26.6 Å². The summed E-state index contributed by atoms with van der Waals surface area (Å²) in [6.45, 7) is 16.1. The van der Waals surface area contributed by atoms with Crippen LogP contribution in [0.1, 0.15) is 142 Å². The number of piperidine rings is 1. The third-order valence-electron chi connectivity index (χ3n) is 14.0. The van der Waals surface area contributed by atoms with Crippen LogP contribution in [0.15, 0.2) is 121 Å². The summed E-state index contributed by atoms with van der Waals surface area (Å²) in [6.07, 6.45) is 0.0379. The van der Waals surface area contributed by atoms with Crippen molar-refractivity contribution in [1.82, 2.24) is 36.4 Å². The van der Waals surface area contributed by atoms with Crippen molar-refractivity contribution in [2.75, 3.05) is 32.7 Å². The molecule has 19 nitrogen and oxygen atoms in total. The number of hydrogen-bond donors (Lipinski definition) is 5. The van der Waals surface area contributed by atoms with Crippen molar-refractivity contribution in [3.8, 4) is 0 Å². The topological polar surface area (TPSA) is 240 Å². The first-order valence-electron chi connectivity index (χ1n) is 29.3. The number of esters is 1. The van der Waals surface area contributed by atoms with Crippen LogP contribution in [0.4, 0.5) is 14.4 Å². The van der Waals surface area contributed by atoms with Gasteiger partial charge in [0.1, 0.15) is 54.6 Å². The Balaban J connectivity index is 1.37. The number of benzene rings is 4. The maximum Gasteiger partial charge on any atom is 0.410 e. The molecule has 1 aliphatic rings. The molecule has 0 spiro atoms. The second-order valence-corrected chi connectivity index (χ2v) is 23.9. The van der Waals surface area contributed by atoms with Gasteiger partial charge in [-0.25, -0.2) is 19.2 Å². The van der Waals surface area contributed by atoms with Crippen LogP contribution in [-0.4, -0.2) is 125 Å². The zero-order chi connectivity index (χ0) is 61.3. The molecule has 19 heteroatoms. The van der Waals surface area contributed by atoms with Crippen LogP contribution < -0.4 is 26.6 Å². The smallest absolute Gasteiger partial charge is 0.410 e. The zero-order valence-electron chi connectivity index (χ0n) is 50.5. The van der Waals surface area contributed by atoms with E-state index in [1.165, 1.54) is 9.80 Å². The number of ether oxygens (including phenoxy) is 4. The molecule has 4 aromatic rings. The van der Waals surface area contributed by atoms with Gasteiger partial charge in [-0.2, -0.15) is 0 Å². The summed E-state index contributed by atoms with van der Waals surface area (Å²) in [5.41, 5.74) is 0.234. The fourth-order valence-electron chi connectivity index (χ4n) is 9.64. The number of aryl methyl sites for hydroxylation is 1. The van der Waals surface area contributed by atoms with Gasteiger partial charge >= 0.3 is 24.2 Å². The number of amides is 7. The van der Waals surface area contributed by atoms with Crippen molar-refractivity contribution in [3.63, 3.8) is 0 Å². The average Bonchev–Trinajstić information content (AvgIpc) is 2.54. The average molecular weight is 1160 g/mol. The lowest BCUT2D eigenvalue weighted by molar-refractivity contribution is -0.157. The highest BCUT2D eigenvalue weighted by Crippen LogP contribution is 2.27. The summed E-state index contributed by atoms with van der Waals surface area (Å²) in [7, 11) is 0. The van der Waals surface area contributed by atoms with Gasteiger partial charge in [0, 0.05) is 32.1 Å². The monoisotopic (exact) mass is 1160 g/mol. The van der Waals surface area contributed by atoms with Crippen molar-refractivity contribution in [3.05, 3.63) is 144 Å². The lowest BCUT2D eigenvalue weighted by atomic mass is 9.87. The van der Waals surface area contributed by atoms with Gasteiger partial charge < -0.3 is 50.4 Å². The van der Waals surface area contributed by atoms with E-state index in [0.29, 0.717) is 25.7 Å². The summed E-state index contributed by atoms with van der Waals surface area (Å²) < 4.78 is 22.5. The molecule has 1 saturated heterocycles. The van der Waals surface area contributed by atoms with Gasteiger partial charge in [0.25, 0.3) is 0 Å². The van der Waals surface area contributed by atoms with Crippen molar-refractivity contribution in [2.45, 2.75) is 174 Å². The minimum atomic E-state index is -1.57. The third-order valence-corrected chi connectivity index (χ3v) is 14.0. The molecule has 0 bridgehead atoms. The largest absolute Gasteiger partial charge is 0.459 e. The summed E-state index contributed by atoms with van der Waals surface area (Å²) in [5.74, 6) is -3.31. The van der Waals surface area contributed by atoms with Crippen molar-refractivity contribution >= 4 is 47.9 Å². The summed E-state index contributed by atoms with van der Waals surface area (Å²) in [6, 6.07) is 33.8. The molecule has 0 aromatic heterocycles. The molecule has 0 saturated carbocycles. The van der Waals surface area contributed by atoms with E-state index in [9.17, 15) is 38.4 Å². The first kappa shape index (κ1) is 66.8. The SMILES string of the molecule is CCC(CN(CC(=O)N[C@H](CCc1ccccc1)C(=O)N[C@H](CC(C)C)C(=O)N[C@H](CCCCNC(=O)OC(C)(C)C)C(=O)N1CCC(NC(=O)OCc2ccccc2)(C(=O)OCc2ccccc2)CC1)C(=O)OC(C)(C)C)c1ccccc1. The molecule has 84 heavy (non-hydrogen) atoms. The van der Waals surface area contributed by atoms with Gasteiger partial charge in [0.15, 0.2) is 0 Å². The van der Waals surface area contributed by atoms with Crippen molar-refractivity contribution in [2.24, 2.45) is 5.92 Å². The first-order valence-corrected chi connectivity index (χ1v) is 29.3. The predicted molar refractivity (Wildman–Crippen MR) is 320 cm³/mol. The minimum Gasteiger partial charge on any atom is -0.459 e. The zero-order valence-corrected chi connectivity index (χ0v) is 50.5. The molecule has 5 N–H and O–H groups in total. The fraction of sp³-hybridized carbons (Fsp3) is 0.508. The molecule has 456 valence electrons. The molecule has 1 fully saturated rings. The number of nitrogens with zero attached hydrogens (tertiary/aromatic N) is 2. The maximum absolute atomic E-state index is 14.9. The highest BCUT2D eigenvalue weighted by atomic mass is 16.6. The van der Waals surface area contributed by atoms with Gasteiger partial charge in [-0.3, -0.25) is 24.1 Å². The van der Waals surface area contributed by atoms with Crippen molar-refractivity contribution in [1.29, 1.82) is 0 Å². The standard InChI is InChI=1S/C65H89N7O12/c1-10-50(51-31-21-14-22-32-51)42-72(62(80)84-64(7,8)9)43-55(73)67-52(35-34-47-25-15-11-16-26-47)56(74)69-54(41-46(2)3)57(75)68-53(33-23-24-38-66-60(78)83-63(4,5)6)58(76)71-39-36-65(37-40-71,59(77)81-44-48-27-17-12-18-28-48)70-61(79)82-45-49-29-19-13-20-30-49/h11-22,25-32,46,50,52-54H,10,23-24,33-45H2,1-9H3,(H,66,78)(H,67,73)(H,68,75)(H,69,74)(H,70,79)/t50?,52-,53-,54-/m1/s1. The van der Waals surface area contributed by atoms with E-state index < -0.39 is 89.3 Å². The normalized spacial score (nSPS) is 14.5. The highest BCUT2D eigenvalue weighted by molar-refractivity contribution is 5.95. The number of carbonyl (C=O) groups excluding carboxylic acids is 8. The van der Waals surface area contributed by atoms with E-state index in [4.69, 9.17) is 18.9 Å². The fourth-order valence-corrected chi connectivity index (χ4v) is 9.64. The van der Waals surface area contributed by atoms with Gasteiger partial charge in [-0.05, 0) is 128 Å². The Hall–Kier alpha value is -7.96. The minimum absolute atomic E-state index is 0.0174. The Bertz CT molecular complexity index is 2730. The van der Waals surface area contributed by atoms with Crippen LogP contribution in [0.3, 0.4) is 0 Å². The molecule has 1 heterocycles. The Morgan fingerprint density at radius 2 is 1.13 bits per heavy atom. The molecular formula is C65H89N7O12. The van der Waals surface area contributed by atoms with Crippen LogP contribution in [0.2, 0.25) is 0 Å². The second-order valence-electron chi connectivity index (χ2n) is 23.9. The van der Waals surface area contributed by atoms with Crippen LogP contribution in [0.25, 0.3) is 0 Å². The van der Waals surface area contributed by atoms with E-state index >= 15 is 0 Å². The lowest BCUT2D eigenvalue weighted by Gasteiger charge is -2.41. The molecule has 1 aliphatic heterocycles. The maximum atomic E-state index is 14.9. The molecule has 7 amide bonds. The summed E-state index contributed by atoms with van der Waals surface area (Å²) in [4.78, 5) is 115. The van der Waals surface area contributed by atoms with Gasteiger partial charge in [-0.15, -0.1) is 0 Å². The highest BCUT2D eigenvalue weighted by Gasteiger charge is 2.46. The number of hydrogen-bond acceptors (Lipinski definition) is 12. The van der Waals surface area contributed by atoms with Crippen LogP contribution in [0, 0.1) is 5.92 Å². The number of carbonyl (C=O) groups is 8. The van der Waals surface area contributed by atoms with Crippen LogP contribution in [-0.2, 0) is 62.6 Å². The van der Waals surface area contributed by atoms with E-state index in [1.54, 1.807) is 53.7 Å². The lowest BCUT2D eigenvalue weighted by Crippen LogP contribution is -2.63. The molecule has 1 unspecified atom stereocenters. The van der Waals surface area contributed by atoms with Gasteiger partial charge in [0.2, 0.25) is 23.6 Å². The van der Waals surface area contributed by atoms with Crippen LogP contribution >= 0.6 is 0 Å². The second kappa shape index (κ2) is 32.8. The number of unbranched alkanes of at least 4 members (excludes halogenated alkanes) is 1. The quantitative estimate of drug-likeness (QED) is 0.0203. The number of rotatable bonds is 28. The van der Waals surface area contributed by atoms with E-state index in [1.807, 2.05) is 130 Å².